The molecule has 1 aliphatic rings. The molecule has 150 valence electrons. The zero-order chi connectivity index (χ0) is 20.5. The summed E-state index contributed by atoms with van der Waals surface area (Å²) in [5, 5.41) is 14.8. The number of aliphatic carboxylic acids is 2. The molecule has 2 aromatic carbocycles. The van der Waals surface area contributed by atoms with E-state index in [1.54, 1.807) is 7.11 Å². The Morgan fingerprint density at radius 2 is 1.54 bits per heavy atom. The number of anilines is 1. The number of hydrogen-bond acceptors (Lipinski definition) is 5. The van der Waals surface area contributed by atoms with Crippen LogP contribution >= 0.6 is 15.9 Å². The van der Waals surface area contributed by atoms with Gasteiger partial charge in [-0.1, -0.05) is 40.2 Å². The molecular formula is C20H23BrN2O5. The summed E-state index contributed by atoms with van der Waals surface area (Å²) in [7, 11) is 1.74. The SMILES string of the molecule is COc1ccccc1N1CCN(Cc2ccc(Br)cc2)CC1.O=C(O)C(=O)O. The molecule has 0 bridgehead atoms. The van der Waals surface area contributed by atoms with Gasteiger partial charge in [0.1, 0.15) is 5.75 Å². The van der Waals surface area contributed by atoms with Gasteiger partial charge in [-0.2, -0.15) is 0 Å². The quantitative estimate of drug-likeness (QED) is 0.691. The predicted molar refractivity (Wildman–Crippen MR) is 110 cm³/mol. The first-order chi connectivity index (χ1) is 13.4. The van der Waals surface area contributed by atoms with E-state index in [1.807, 2.05) is 12.1 Å². The van der Waals surface area contributed by atoms with Gasteiger partial charge in [-0.25, -0.2) is 9.59 Å². The molecule has 1 heterocycles. The first kappa shape index (κ1) is 21.7. The van der Waals surface area contributed by atoms with Gasteiger partial charge in [0.05, 0.1) is 12.8 Å². The number of benzene rings is 2. The standard InChI is InChI=1S/C18H21BrN2O.C2H2O4/c1-22-18-5-3-2-4-17(18)21-12-10-20(11-13-21)14-15-6-8-16(19)9-7-15;3-1(4)2(5)6/h2-9H,10-14H2,1H3;(H,3,4)(H,5,6). The summed E-state index contributed by atoms with van der Waals surface area (Å²) in [5.74, 6) is -2.69. The molecular weight excluding hydrogens is 428 g/mol. The number of piperazine rings is 1. The molecule has 1 fully saturated rings. The van der Waals surface area contributed by atoms with Crippen LogP contribution in [0.2, 0.25) is 0 Å². The Morgan fingerprint density at radius 3 is 2.07 bits per heavy atom. The van der Waals surface area contributed by atoms with E-state index in [0.717, 1.165) is 42.9 Å². The van der Waals surface area contributed by atoms with Crippen molar-refractivity contribution in [3.8, 4) is 5.75 Å². The number of hydrogen-bond donors (Lipinski definition) is 2. The topological polar surface area (TPSA) is 90.3 Å². The predicted octanol–water partition coefficient (Wildman–Crippen LogP) is 2.94. The number of carboxylic acids is 2. The molecule has 7 nitrogen and oxygen atoms in total. The normalized spacial score (nSPS) is 14.0. The van der Waals surface area contributed by atoms with Crippen molar-refractivity contribution in [2.45, 2.75) is 6.54 Å². The van der Waals surface area contributed by atoms with Crippen LogP contribution in [0.5, 0.6) is 5.75 Å². The molecule has 3 rings (SSSR count). The van der Waals surface area contributed by atoms with E-state index in [2.05, 4.69) is 62.1 Å². The smallest absolute Gasteiger partial charge is 0.414 e. The van der Waals surface area contributed by atoms with Crippen molar-refractivity contribution in [1.82, 2.24) is 4.90 Å². The number of methoxy groups -OCH3 is 1. The Kier molecular flexibility index (Phi) is 8.28. The van der Waals surface area contributed by atoms with Crippen LogP contribution in [0.4, 0.5) is 5.69 Å². The van der Waals surface area contributed by atoms with E-state index < -0.39 is 11.9 Å². The maximum absolute atomic E-state index is 9.10. The molecule has 0 amide bonds. The highest BCUT2D eigenvalue weighted by Crippen LogP contribution is 2.28. The molecule has 1 saturated heterocycles. The zero-order valence-electron chi connectivity index (χ0n) is 15.5. The van der Waals surface area contributed by atoms with Crippen LogP contribution < -0.4 is 9.64 Å². The highest BCUT2D eigenvalue weighted by molar-refractivity contribution is 9.10. The van der Waals surface area contributed by atoms with Gasteiger partial charge >= 0.3 is 11.9 Å². The van der Waals surface area contributed by atoms with E-state index in [1.165, 1.54) is 11.3 Å². The van der Waals surface area contributed by atoms with Gasteiger partial charge in [0.2, 0.25) is 0 Å². The summed E-state index contributed by atoms with van der Waals surface area (Å²) < 4.78 is 6.61. The van der Waals surface area contributed by atoms with E-state index >= 15 is 0 Å². The molecule has 2 aromatic rings. The van der Waals surface area contributed by atoms with E-state index in [4.69, 9.17) is 24.5 Å². The summed E-state index contributed by atoms with van der Waals surface area (Å²) in [5.41, 5.74) is 2.57. The first-order valence-corrected chi connectivity index (χ1v) is 9.51. The average molecular weight is 451 g/mol. The zero-order valence-corrected chi connectivity index (χ0v) is 17.1. The van der Waals surface area contributed by atoms with Crippen LogP contribution in [0.1, 0.15) is 5.56 Å². The van der Waals surface area contributed by atoms with Gasteiger partial charge in [-0.3, -0.25) is 4.90 Å². The molecule has 0 spiro atoms. The summed E-state index contributed by atoms with van der Waals surface area (Å²) in [6, 6.07) is 16.9. The molecule has 0 atom stereocenters. The Morgan fingerprint density at radius 1 is 0.964 bits per heavy atom. The second kappa shape index (κ2) is 10.7. The summed E-state index contributed by atoms with van der Waals surface area (Å²) in [6.07, 6.45) is 0. The lowest BCUT2D eigenvalue weighted by atomic mass is 10.2. The Labute approximate surface area is 172 Å². The number of halogens is 1. The largest absolute Gasteiger partial charge is 0.495 e. The Hall–Kier alpha value is -2.58. The van der Waals surface area contributed by atoms with Crippen LogP contribution in [0.3, 0.4) is 0 Å². The number of carboxylic acid groups (broad SMARTS) is 2. The van der Waals surface area contributed by atoms with Crippen molar-refractivity contribution in [3.63, 3.8) is 0 Å². The third-order valence-electron chi connectivity index (χ3n) is 4.30. The van der Waals surface area contributed by atoms with Gasteiger partial charge in [-0.05, 0) is 29.8 Å². The highest BCUT2D eigenvalue weighted by Gasteiger charge is 2.19. The molecule has 0 unspecified atom stereocenters. The van der Waals surface area contributed by atoms with Gasteiger partial charge in [-0.15, -0.1) is 0 Å². The van der Waals surface area contributed by atoms with Crippen molar-refractivity contribution >= 4 is 33.6 Å². The first-order valence-electron chi connectivity index (χ1n) is 8.71. The molecule has 28 heavy (non-hydrogen) atoms. The van der Waals surface area contributed by atoms with Gasteiger partial charge in [0.15, 0.2) is 0 Å². The fourth-order valence-corrected chi connectivity index (χ4v) is 3.15. The number of nitrogens with zero attached hydrogens (tertiary/aromatic N) is 2. The van der Waals surface area contributed by atoms with Gasteiger partial charge in [0.25, 0.3) is 0 Å². The minimum Gasteiger partial charge on any atom is -0.495 e. The third-order valence-corrected chi connectivity index (χ3v) is 4.83. The van der Waals surface area contributed by atoms with Crippen LogP contribution in [0.25, 0.3) is 0 Å². The van der Waals surface area contributed by atoms with Crippen molar-refractivity contribution in [3.05, 3.63) is 58.6 Å². The maximum atomic E-state index is 9.10. The van der Waals surface area contributed by atoms with Crippen LogP contribution in [-0.4, -0.2) is 60.3 Å². The third kappa shape index (κ3) is 6.54. The fraction of sp³-hybridized carbons (Fsp3) is 0.300. The van der Waals surface area contributed by atoms with Crippen molar-refractivity contribution < 1.29 is 24.5 Å². The second-order valence-electron chi connectivity index (χ2n) is 6.17. The van der Waals surface area contributed by atoms with E-state index in [9.17, 15) is 0 Å². The minimum absolute atomic E-state index is 0.962. The highest BCUT2D eigenvalue weighted by atomic mass is 79.9. The van der Waals surface area contributed by atoms with Gasteiger partial charge < -0.3 is 19.8 Å². The lowest BCUT2D eigenvalue weighted by Gasteiger charge is -2.36. The number of rotatable bonds is 4. The molecule has 8 heteroatoms. The number of carbonyl (C=O) groups is 2. The molecule has 2 N–H and O–H groups in total. The van der Waals surface area contributed by atoms with Gasteiger partial charge in [0, 0.05) is 37.2 Å². The number of ether oxygens (including phenoxy) is 1. The van der Waals surface area contributed by atoms with Crippen LogP contribution in [0, 0.1) is 0 Å². The Bertz CT molecular complexity index is 777. The second-order valence-corrected chi connectivity index (χ2v) is 7.09. The number of para-hydroxylation sites is 2. The lowest BCUT2D eigenvalue weighted by molar-refractivity contribution is -0.159. The minimum atomic E-state index is -1.82. The molecule has 0 saturated carbocycles. The van der Waals surface area contributed by atoms with E-state index in [0.29, 0.717) is 0 Å². The van der Waals surface area contributed by atoms with Crippen molar-refractivity contribution in [2.24, 2.45) is 0 Å². The summed E-state index contributed by atoms with van der Waals surface area (Å²) in [6.45, 7) is 5.25. The Balaban J connectivity index is 0.000000409. The van der Waals surface area contributed by atoms with Crippen molar-refractivity contribution in [2.75, 3.05) is 38.2 Å². The lowest BCUT2D eigenvalue weighted by Crippen LogP contribution is -2.46. The van der Waals surface area contributed by atoms with Crippen LogP contribution in [0.15, 0.2) is 53.0 Å². The maximum Gasteiger partial charge on any atom is 0.414 e. The monoisotopic (exact) mass is 450 g/mol. The fourth-order valence-electron chi connectivity index (χ4n) is 2.89. The van der Waals surface area contributed by atoms with E-state index in [-0.39, 0.29) is 0 Å². The summed E-state index contributed by atoms with van der Waals surface area (Å²) in [4.78, 5) is 23.1. The molecule has 0 radical (unpaired) electrons. The average Bonchev–Trinajstić information content (AvgIpc) is 2.71. The summed E-state index contributed by atoms with van der Waals surface area (Å²) >= 11 is 3.49. The van der Waals surface area contributed by atoms with Crippen molar-refractivity contribution in [1.29, 1.82) is 0 Å². The van der Waals surface area contributed by atoms with Crippen LogP contribution in [-0.2, 0) is 16.1 Å². The molecule has 0 aromatic heterocycles. The molecule has 1 aliphatic heterocycles. The molecule has 0 aliphatic carbocycles.